The molecule has 0 saturated heterocycles. The summed E-state index contributed by atoms with van der Waals surface area (Å²) in [6.45, 7) is -0.0371. The van der Waals surface area contributed by atoms with Crippen LogP contribution < -0.4 is 5.56 Å². The van der Waals surface area contributed by atoms with E-state index in [0.717, 1.165) is 35.8 Å². The lowest BCUT2D eigenvalue weighted by Gasteiger charge is -2.06. The fourth-order valence-electron chi connectivity index (χ4n) is 3.82. The van der Waals surface area contributed by atoms with Crippen LogP contribution in [0.3, 0.4) is 0 Å². The fourth-order valence-corrected chi connectivity index (χ4v) is 3.82. The molecule has 6 nitrogen and oxygen atoms in total. The summed E-state index contributed by atoms with van der Waals surface area (Å²) < 4.78 is 12.4. The number of furan rings is 1. The highest BCUT2D eigenvalue weighted by atomic mass is 16.5. The number of hydrogen-bond donors (Lipinski definition) is 0. The summed E-state index contributed by atoms with van der Waals surface area (Å²) >= 11 is 0. The second-order valence-corrected chi connectivity index (χ2v) is 7.08. The first-order chi connectivity index (χ1) is 13.7. The molecule has 140 valence electrons. The Bertz CT molecular complexity index is 1270. The van der Waals surface area contributed by atoms with Crippen molar-refractivity contribution in [1.29, 1.82) is 0 Å². The maximum atomic E-state index is 12.3. The van der Waals surface area contributed by atoms with Gasteiger partial charge in [-0.2, -0.15) is 0 Å². The van der Waals surface area contributed by atoms with Crippen LogP contribution in [-0.2, 0) is 35.4 Å². The van der Waals surface area contributed by atoms with Crippen LogP contribution in [0.4, 0.5) is 0 Å². The summed E-state index contributed by atoms with van der Waals surface area (Å²) in [5.41, 5.74) is 5.06. The van der Waals surface area contributed by atoms with E-state index in [4.69, 9.17) is 9.15 Å². The highest BCUT2D eigenvalue weighted by Crippen LogP contribution is 2.30. The molecule has 0 fully saturated rings. The standard InChI is InChI=1S/C22H18N2O4/c25-21-11-17(23-20-6-1-2-7-24(20)21)13-28-22(26)10-16-12-27-19-9-15-5-3-4-14(15)8-18(16)19/h1-2,6-9,11-12H,3-5,10,13H2. The normalized spacial score (nSPS) is 13.1. The van der Waals surface area contributed by atoms with Gasteiger partial charge >= 0.3 is 5.97 Å². The molecule has 6 heteroatoms. The van der Waals surface area contributed by atoms with E-state index in [9.17, 15) is 9.59 Å². The number of aryl methyl sites for hydroxylation is 2. The number of nitrogens with zero attached hydrogens (tertiary/aromatic N) is 2. The SMILES string of the molecule is O=C(Cc1coc2cc3c(cc12)CCC3)OCc1cc(=O)n2ccccc2n1. The lowest BCUT2D eigenvalue weighted by Crippen LogP contribution is -2.16. The van der Waals surface area contributed by atoms with Crippen molar-refractivity contribution in [2.45, 2.75) is 32.3 Å². The smallest absolute Gasteiger partial charge is 0.310 e. The first-order valence-electron chi connectivity index (χ1n) is 9.32. The molecule has 0 radical (unpaired) electrons. The third kappa shape index (κ3) is 2.97. The quantitative estimate of drug-likeness (QED) is 0.513. The Morgan fingerprint density at radius 1 is 1.18 bits per heavy atom. The lowest BCUT2D eigenvalue weighted by atomic mass is 10.0. The van der Waals surface area contributed by atoms with Gasteiger partial charge in [0.05, 0.1) is 18.4 Å². The molecule has 0 bridgehead atoms. The number of pyridine rings is 1. The van der Waals surface area contributed by atoms with Gasteiger partial charge in [0.15, 0.2) is 0 Å². The van der Waals surface area contributed by atoms with E-state index >= 15 is 0 Å². The molecule has 0 N–H and O–H groups in total. The van der Waals surface area contributed by atoms with Gasteiger partial charge in [-0.1, -0.05) is 6.07 Å². The molecule has 0 atom stereocenters. The van der Waals surface area contributed by atoms with E-state index in [2.05, 4.69) is 17.1 Å². The molecule has 1 aromatic carbocycles. The Labute approximate surface area is 160 Å². The molecule has 3 heterocycles. The Balaban J connectivity index is 1.32. The summed E-state index contributed by atoms with van der Waals surface area (Å²) in [5, 5.41) is 0.972. The molecular weight excluding hydrogens is 356 g/mol. The molecule has 28 heavy (non-hydrogen) atoms. The van der Waals surface area contributed by atoms with Crippen LogP contribution >= 0.6 is 0 Å². The number of hydrogen-bond acceptors (Lipinski definition) is 5. The average Bonchev–Trinajstić information content (AvgIpc) is 3.31. The van der Waals surface area contributed by atoms with E-state index in [-0.39, 0.29) is 24.6 Å². The zero-order valence-corrected chi connectivity index (χ0v) is 15.2. The van der Waals surface area contributed by atoms with E-state index in [1.165, 1.54) is 21.6 Å². The van der Waals surface area contributed by atoms with Crippen LogP contribution in [0.25, 0.3) is 16.6 Å². The third-order valence-corrected chi connectivity index (χ3v) is 5.21. The first kappa shape index (κ1) is 16.7. The van der Waals surface area contributed by atoms with Crippen molar-refractivity contribution in [1.82, 2.24) is 9.38 Å². The number of carbonyl (C=O) groups is 1. The minimum atomic E-state index is -0.377. The highest BCUT2D eigenvalue weighted by molar-refractivity contribution is 5.87. The summed E-state index contributed by atoms with van der Waals surface area (Å²) in [6, 6.07) is 10.9. The van der Waals surface area contributed by atoms with Gasteiger partial charge < -0.3 is 9.15 Å². The minimum Gasteiger partial charge on any atom is -0.464 e. The van der Waals surface area contributed by atoms with Gasteiger partial charge in [0.2, 0.25) is 0 Å². The van der Waals surface area contributed by atoms with Crippen LogP contribution in [-0.4, -0.2) is 15.4 Å². The van der Waals surface area contributed by atoms with Crippen LogP contribution in [0.5, 0.6) is 0 Å². The van der Waals surface area contributed by atoms with Crippen molar-refractivity contribution < 1.29 is 13.9 Å². The Morgan fingerprint density at radius 3 is 2.93 bits per heavy atom. The second kappa shape index (κ2) is 6.64. The molecule has 0 aliphatic heterocycles. The van der Waals surface area contributed by atoms with Crippen LogP contribution in [0, 0.1) is 0 Å². The van der Waals surface area contributed by atoms with Crippen molar-refractivity contribution in [3.05, 3.63) is 81.6 Å². The highest BCUT2D eigenvalue weighted by Gasteiger charge is 2.17. The van der Waals surface area contributed by atoms with E-state index in [1.807, 2.05) is 0 Å². The number of ether oxygens (including phenoxy) is 1. The van der Waals surface area contributed by atoms with Gasteiger partial charge in [0.25, 0.3) is 5.56 Å². The van der Waals surface area contributed by atoms with Gasteiger partial charge in [-0.25, -0.2) is 4.98 Å². The van der Waals surface area contributed by atoms with Gasteiger partial charge in [-0.05, 0) is 54.7 Å². The summed E-state index contributed by atoms with van der Waals surface area (Å²) in [4.78, 5) is 28.8. The number of carbonyl (C=O) groups excluding carboxylic acids is 1. The topological polar surface area (TPSA) is 73.8 Å². The molecule has 3 aromatic heterocycles. The Hall–Kier alpha value is -3.41. The van der Waals surface area contributed by atoms with Crippen LogP contribution in [0.15, 0.2) is 58.1 Å². The van der Waals surface area contributed by atoms with Gasteiger partial charge in [-0.3, -0.25) is 14.0 Å². The molecule has 0 saturated carbocycles. The van der Waals surface area contributed by atoms with Crippen molar-refractivity contribution >= 4 is 22.6 Å². The number of aromatic nitrogens is 2. The van der Waals surface area contributed by atoms with Crippen LogP contribution in [0.2, 0.25) is 0 Å². The van der Waals surface area contributed by atoms with Gasteiger partial charge in [-0.15, -0.1) is 0 Å². The zero-order valence-electron chi connectivity index (χ0n) is 15.2. The summed E-state index contributed by atoms with van der Waals surface area (Å²) in [7, 11) is 0. The van der Waals surface area contributed by atoms with Crippen molar-refractivity contribution in [2.75, 3.05) is 0 Å². The zero-order chi connectivity index (χ0) is 19.1. The molecule has 1 aliphatic rings. The molecular formula is C22H18N2O4. The predicted molar refractivity (Wildman–Crippen MR) is 103 cm³/mol. The first-order valence-corrected chi connectivity index (χ1v) is 9.32. The van der Waals surface area contributed by atoms with Gasteiger partial charge in [0, 0.05) is 23.2 Å². The molecule has 0 spiro atoms. The number of esters is 1. The molecule has 0 amide bonds. The van der Waals surface area contributed by atoms with E-state index in [0.29, 0.717) is 11.3 Å². The molecule has 1 aliphatic carbocycles. The summed E-state index contributed by atoms with van der Waals surface area (Å²) in [6.07, 6.45) is 6.73. The van der Waals surface area contributed by atoms with E-state index in [1.54, 1.807) is 30.7 Å². The molecule has 4 aromatic rings. The maximum Gasteiger partial charge on any atom is 0.310 e. The molecule has 0 unspecified atom stereocenters. The number of rotatable bonds is 4. The summed E-state index contributed by atoms with van der Waals surface area (Å²) in [5.74, 6) is -0.377. The molecule has 5 rings (SSSR count). The predicted octanol–water partition coefficient (Wildman–Crippen LogP) is 3.22. The van der Waals surface area contributed by atoms with Gasteiger partial charge in [0.1, 0.15) is 17.8 Å². The fraction of sp³-hybridized carbons (Fsp3) is 0.227. The van der Waals surface area contributed by atoms with Crippen molar-refractivity contribution in [3.63, 3.8) is 0 Å². The Kier molecular flexibility index (Phi) is 3.97. The number of benzene rings is 1. The third-order valence-electron chi connectivity index (χ3n) is 5.21. The average molecular weight is 374 g/mol. The monoisotopic (exact) mass is 374 g/mol. The largest absolute Gasteiger partial charge is 0.464 e. The second-order valence-electron chi connectivity index (χ2n) is 7.08. The van der Waals surface area contributed by atoms with Crippen LogP contribution in [0.1, 0.15) is 28.8 Å². The van der Waals surface area contributed by atoms with Crippen molar-refractivity contribution in [3.8, 4) is 0 Å². The maximum absolute atomic E-state index is 12.3. The van der Waals surface area contributed by atoms with E-state index < -0.39 is 0 Å². The number of fused-ring (bicyclic) bond motifs is 3. The Morgan fingerprint density at radius 2 is 2.04 bits per heavy atom. The van der Waals surface area contributed by atoms with Crippen molar-refractivity contribution in [2.24, 2.45) is 0 Å². The lowest BCUT2D eigenvalue weighted by molar-refractivity contribution is -0.144. The minimum absolute atomic E-state index is 0.0371.